The lowest BCUT2D eigenvalue weighted by Crippen LogP contribution is -2.49. The Morgan fingerprint density at radius 3 is 2.35 bits per heavy atom. The van der Waals surface area contributed by atoms with Gasteiger partial charge in [0.2, 0.25) is 0 Å². The molecule has 4 rings (SSSR count). The molecule has 0 saturated carbocycles. The lowest BCUT2D eigenvalue weighted by Gasteiger charge is -2.35. The van der Waals surface area contributed by atoms with Crippen molar-refractivity contribution < 1.29 is 4.79 Å². The second-order valence-electron chi connectivity index (χ2n) is 6.08. The molecule has 2 aromatic heterocycles. The van der Waals surface area contributed by atoms with Gasteiger partial charge in [-0.2, -0.15) is 0 Å². The van der Waals surface area contributed by atoms with Crippen molar-refractivity contribution in [2.24, 2.45) is 0 Å². The molecule has 0 radical (unpaired) electrons. The Kier molecular flexibility index (Phi) is 4.71. The standard InChI is InChI=1S/C19H18BrN5O/c20-16-6-2-1-5-15(16)19(26)25-11-9-24(10-12-25)18-13-17(21-14-22-18)23-7-3-4-8-23/h1-8,13-14H,9-12H2. The van der Waals surface area contributed by atoms with E-state index in [4.69, 9.17) is 0 Å². The zero-order valence-electron chi connectivity index (χ0n) is 14.1. The lowest BCUT2D eigenvalue weighted by atomic mass is 10.2. The molecule has 6 nitrogen and oxygen atoms in total. The van der Waals surface area contributed by atoms with Crippen molar-refractivity contribution in [2.75, 3.05) is 31.1 Å². The molecule has 1 aromatic carbocycles. The number of aromatic nitrogens is 3. The maximum atomic E-state index is 12.7. The molecule has 1 aliphatic heterocycles. The third-order valence-corrected chi connectivity index (χ3v) is 5.19. The van der Waals surface area contributed by atoms with E-state index in [1.807, 2.05) is 64.3 Å². The van der Waals surface area contributed by atoms with Crippen molar-refractivity contribution in [3.8, 4) is 5.82 Å². The van der Waals surface area contributed by atoms with E-state index >= 15 is 0 Å². The van der Waals surface area contributed by atoms with E-state index in [9.17, 15) is 4.79 Å². The van der Waals surface area contributed by atoms with Crippen LogP contribution in [0.4, 0.5) is 5.82 Å². The predicted molar refractivity (Wildman–Crippen MR) is 104 cm³/mol. The first-order chi connectivity index (χ1) is 12.7. The highest BCUT2D eigenvalue weighted by molar-refractivity contribution is 9.10. The number of nitrogens with zero attached hydrogens (tertiary/aromatic N) is 5. The summed E-state index contributed by atoms with van der Waals surface area (Å²) in [5.41, 5.74) is 0.706. The van der Waals surface area contributed by atoms with Crippen LogP contribution in [-0.2, 0) is 0 Å². The predicted octanol–water partition coefficient (Wildman–Crippen LogP) is 2.99. The molecule has 1 amide bonds. The summed E-state index contributed by atoms with van der Waals surface area (Å²) >= 11 is 3.46. The van der Waals surface area contributed by atoms with Crippen LogP contribution in [0.5, 0.6) is 0 Å². The fourth-order valence-corrected chi connectivity index (χ4v) is 3.54. The highest BCUT2D eigenvalue weighted by Gasteiger charge is 2.24. The summed E-state index contributed by atoms with van der Waals surface area (Å²) in [4.78, 5) is 25.5. The van der Waals surface area contributed by atoms with Crippen LogP contribution in [0, 0.1) is 0 Å². The smallest absolute Gasteiger partial charge is 0.255 e. The Balaban J connectivity index is 1.45. The van der Waals surface area contributed by atoms with Gasteiger partial charge in [0.25, 0.3) is 5.91 Å². The average Bonchev–Trinajstić information content (AvgIpc) is 3.23. The van der Waals surface area contributed by atoms with Gasteiger partial charge in [-0.15, -0.1) is 0 Å². The van der Waals surface area contributed by atoms with Crippen LogP contribution in [0.1, 0.15) is 10.4 Å². The Hall–Kier alpha value is -2.67. The molecule has 0 bridgehead atoms. The summed E-state index contributed by atoms with van der Waals surface area (Å²) < 4.78 is 2.79. The van der Waals surface area contributed by atoms with Crippen molar-refractivity contribution >= 4 is 27.7 Å². The van der Waals surface area contributed by atoms with Gasteiger partial charge < -0.3 is 14.4 Å². The molecule has 0 aliphatic carbocycles. The minimum absolute atomic E-state index is 0.0628. The van der Waals surface area contributed by atoms with Crippen LogP contribution >= 0.6 is 15.9 Å². The molecule has 1 fully saturated rings. The number of rotatable bonds is 3. The maximum Gasteiger partial charge on any atom is 0.255 e. The maximum absolute atomic E-state index is 12.7. The van der Waals surface area contributed by atoms with Crippen LogP contribution in [0.15, 0.2) is 65.7 Å². The van der Waals surface area contributed by atoms with Crippen LogP contribution in [0.25, 0.3) is 5.82 Å². The summed E-state index contributed by atoms with van der Waals surface area (Å²) in [7, 11) is 0. The Morgan fingerprint density at radius 1 is 0.923 bits per heavy atom. The van der Waals surface area contributed by atoms with Gasteiger partial charge in [-0.3, -0.25) is 4.79 Å². The van der Waals surface area contributed by atoms with Gasteiger partial charge in [-0.25, -0.2) is 9.97 Å². The number of carbonyl (C=O) groups excluding carboxylic acids is 1. The summed E-state index contributed by atoms with van der Waals surface area (Å²) in [6, 6.07) is 13.5. The molecule has 0 N–H and O–H groups in total. The van der Waals surface area contributed by atoms with Crippen molar-refractivity contribution in [2.45, 2.75) is 0 Å². The first kappa shape index (κ1) is 16.8. The molecular weight excluding hydrogens is 394 g/mol. The fourth-order valence-electron chi connectivity index (χ4n) is 3.08. The van der Waals surface area contributed by atoms with Crippen LogP contribution in [0.2, 0.25) is 0 Å². The number of piperazine rings is 1. The van der Waals surface area contributed by atoms with Crippen LogP contribution < -0.4 is 4.90 Å². The molecule has 26 heavy (non-hydrogen) atoms. The largest absolute Gasteiger partial charge is 0.353 e. The molecule has 7 heteroatoms. The molecular formula is C19H18BrN5O. The van der Waals surface area contributed by atoms with Gasteiger partial charge in [0.15, 0.2) is 0 Å². The quantitative estimate of drug-likeness (QED) is 0.664. The normalized spacial score (nSPS) is 14.5. The summed E-state index contributed by atoms with van der Waals surface area (Å²) in [6.45, 7) is 2.84. The number of hydrogen-bond acceptors (Lipinski definition) is 4. The lowest BCUT2D eigenvalue weighted by molar-refractivity contribution is 0.0745. The number of benzene rings is 1. The topological polar surface area (TPSA) is 54.3 Å². The molecule has 0 atom stereocenters. The molecule has 132 valence electrons. The zero-order valence-corrected chi connectivity index (χ0v) is 15.7. The Bertz CT molecular complexity index is 904. The summed E-state index contributed by atoms with van der Waals surface area (Å²) in [6.07, 6.45) is 5.50. The first-order valence-corrected chi connectivity index (χ1v) is 9.26. The molecule has 0 unspecified atom stereocenters. The third kappa shape index (κ3) is 3.35. The van der Waals surface area contributed by atoms with Crippen LogP contribution in [-0.4, -0.2) is 51.5 Å². The second kappa shape index (κ2) is 7.29. The zero-order chi connectivity index (χ0) is 17.9. The highest BCUT2D eigenvalue weighted by atomic mass is 79.9. The Morgan fingerprint density at radius 2 is 1.62 bits per heavy atom. The van der Waals surface area contributed by atoms with E-state index in [1.54, 1.807) is 6.33 Å². The average molecular weight is 412 g/mol. The number of hydrogen-bond donors (Lipinski definition) is 0. The summed E-state index contributed by atoms with van der Waals surface area (Å²) in [5.74, 6) is 1.79. The van der Waals surface area contributed by atoms with Crippen molar-refractivity contribution in [1.29, 1.82) is 0 Å². The van der Waals surface area contributed by atoms with Gasteiger partial charge in [0.05, 0.1) is 5.56 Å². The molecule has 0 spiro atoms. The SMILES string of the molecule is O=C(c1ccccc1Br)N1CCN(c2cc(-n3cccc3)ncn2)CC1. The van der Waals surface area contributed by atoms with Gasteiger partial charge in [-0.05, 0) is 40.2 Å². The molecule has 1 saturated heterocycles. The second-order valence-corrected chi connectivity index (χ2v) is 6.94. The number of amides is 1. The highest BCUT2D eigenvalue weighted by Crippen LogP contribution is 2.20. The monoisotopic (exact) mass is 411 g/mol. The van der Waals surface area contributed by atoms with Crippen molar-refractivity contribution in [3.05, 3.63) is 71.2 Å². The number of carbonyl (C=O) groups is 1. The Labute approximate surface area is 160 Å². The van der Waals surface area contributed by atoms with E-state index in [2.05, 4.69) is 30.8 Å². The molecule has 3 aromatic rings. The van der Waals surface area contributed by atoms with E-state index < -0.39 is 0 Å². The number of halogens is 1. The van der Waals surface area contributed by atoms with E-state index in [0.29, 0.717) is 18.7 Å². The molecule has 1 aliphatic rings. The van der Waals surface area contributed by atoms with E-state index in [1.165, 1.54) is 0 Å². The first-order valence-electron chi connectivity index (χ1n) is 8.46. The van der Waals surface area contributed by atoms with Gasteiger partial charge in [0, 0.05) is 49.1 Å². The van der Waals surface area contributed by atoms with E-state index in [-0.39, 0.29) is 5.91 Å². The van der Waals surface area contributed by atoms with Crippen molar-refractivity contribution in [1.82, 2.24) is 19.4 Å². The van der Waals surface area contributed by atoms with Gasteiger partial charge in [-0.1, -0.05) is 12.1 Å². The van der Waals surface area contributed by atoms with Crippen LogP contribution in [0.3, 0.4) is 0 Å². The minimum atomic E-state index is 0.0628. The van der Waals surface area contributed by atoms with Crippen molar-refractivity contribution in [3.63, 3.8) is 0 Å². The third-order valence-electron chi connectivity index (χ3n) is 4.50. The fraction of sp³-hybridized carbons (Fsp3) is 0.211. The number of anilines is 1. The van der Waals surface area contributed by atoms with E-state index in [0.717, 1.165) is 29.2 Å². The molecule has 3 heterocycles. The summed E-state index contributed by atoms with van der Waals surface area (Å²) in [5, 5.41) is 0. The van der Waals surface area contributed by atoms with Gasteiger partial charge >= 0.3 is 0 Å². The minimum Gasteiger partial charge on any atom is -0.353 e. The van der Waals surface area contributed by atoms with Gasteiger partial charge in [0.1, 0.15) is 18.0 Å².